The second-order valence-corrected chi connectivity index (χ2v) is 5.00. The second kappa shape index (κ2) is 9.12. The summed E-state index contributed by atoms with van der Waals surface area (Å²) in [6.07, 6.45) is 1.98. The second-order valence-electron chi connectivity index (χ2n) is 5.00. The summed E-state index contributed by atoms with van der Waals surface area (Å²) in [5.41, 5.74) is 0. The van der Waals surface area contributed by atoms with Crippen LogP contribution in [-0.4, -0.2) is 37.6 Å². The molecule has 114 valence electrons. The lowest BCUT2D eigenvalue weighted by atomic mass is 10.0. The fourth-order valence-electron chi connectivity index (χ4n) is 1.17. The molecule has 0 rings (SSSR count). The Hall–Kier alpha value is -1.85. The van der Waals surface area contributed by atoms with Gasteiger partial charge in [-0.25, -0.2) is 9.59 Å². The Morgan fingerprint density at radius 1 is 1.05 bits per heavy atom. The summed E-state index contributed by atoms with van der Waals surface area (Å²) in [7, 11) is 1.22. The van der Waals surface area contributed by atoms with Crippen LogP contribution in [0.2, 0.25) is 0 Å². The first-order valence-electron chi connectivity index (χ1n) is 6.51. The molecular weight excluding hydrogens is 262 g/mol. The van der Waals surface area contributed by atoms with E-state index in [2.05, 4.69) is 10.1 Å². The molecule has 6 heteroatoms. The maximum Gasteiger partial charge on any atom is 0.331 e. The third-order valence-electron chi connectivity index (χ3n) is 2.62. The van der Waals surface area contributed by atoms with E-state index >= 15 is 0 Å². The lowest BCUT2D eigenvalue weighted by molar-refractivity contribution is -0.141. The number of ether oxygens (including phenoxy) is 2. The minimum absolute atomic E-state index is 0.0560. The fourth-order valence-corrected chi connectivity index (χ4v) is 1.17. The summed E-state index contributed by atoms with van der Waals surface area (Å²) < 4.78 is 9.35. The lowest BCUT2D eigenvalue weighted by Crippen LogP contribution is -2.44. The van der Waals surface area contributed by atoms with Crippen LogP contribution in [0.5, 0.6) is 0 Å². The molecule has 0 aliphatic carbocycles. The summed E-state index contributed by atoms with van der Waals surface area (Å²) >= 11 is 0. The molecule has 0 unspecified atom stereocenters. The molecule has 0 aliphatic heterocycles. The highest BCUT2D eigenvalue weighted by molar-refractivity contribution is 5.91. The normalized spacial score (nSPS) is 12.6. The van der Waals surface area contributed by atoms with Crippen LogP contribution >= 0.6 is 0 Å². The summed E-state index contributed by atoms with van der Waals surface area (Å²) in [4.78, 5) is 33.8. The van der Waals surface area contributed by atoms with Crippen molar-refractivity contribution in [3.05, 3.63) is 12.2 Å². The lowest BCUT2D eigenvalue weighted by Gasteiger charge is -2.22. The monoisotopic (exact) mass is 285 g/mol. The number of esters is 2. The number of carbonyl (C=O) groups excluding carboxylic acids is 3. The van der Waals surface area contributed by atoms with Crippen LogP contribution in [-0.2, 0) is 23.9 Å². The number of rotatable bonds is 7. The molecule has 0 aromatic carbocycles. The zero-order chi connectivity index (χ0) is 15.7. The Balaban J connectivity index is 4.34. The Bertz CT molecular complexity index is 374. The van der Waals surface area contributed by atoms with Gasteiger partial charge in [0, 0.05) is 18.1 Å². The van der Waals surface area contributed by atoms with E-state index in [9.17, 15) is 14.4 Å². The molecule has 0 aliphatic rings. The van der Waals surface area contributed by atoms with Gasteiger partial charge in [-0.3, -0.25) is 4.79 Å². The standard InChI is InChI=1S/C14H23NO5/c1-9(2)11(15-14(18)10(3)4)8-20-13(17)7-6-12(16)19-5/h6-7,9-11H,8H2,1-5H3,(H,15,18)/b7-6+/t11-/m1/s1. The van der Waals surface area contributed by atoms with Crippen LogP contribution in [0.4, 0.5) is 0 Å². The van der Waals surface area contributed by atoms with Crippen LogP contribution in [0.15, 0.2) is 12.2 Å². The van der Waals surface area contributed by atoms with Crippen molar-refractivity contribution in [3.63, 3.8) is 0 Å². The van der Waals surface area contributed by atoms with Crippen molar-refractivity contribution < 1.29 is 23.9 Å². The average molecular weight is 285 g/mol. The summed E-state index contributed by atoms with van der Waals surface area (Å²) in [6.45, 7) is 7.48. The first-order valence-corrected chi connectivity index (χ1v) is 6.51. The Labute approximate surface area is 119 Å². The molecule has 0 aromatic rings. The van der Waals surface area contributed by atoms with Gasteiger partial charge < -0.3 is 14.8 Å². The van der Waals surface area contributed by atoms with Gasteiger partial charge in [-0.05, 0) is 5.92 Å². The highest BCUT2D eigenvalue weighted by Crippen LogP contribution is 2.04. The first-order chi connectivity index (χ1) is 9.27. The van der Waals surface area contributed by atoms with Gasteiger partial charge in [-0.15, -0.1) is 0 Å². The largest absolute Gasteiger partial charge is 0.466 e. The molecular formula is C14H23NO5. The molecule has 1 N–H and O–H groups in total. The van der Waals surface area contributed by atoms with E-state index in [1.165, 1.54) is 7.11 Å². The minimum Gasteiger partial charge on any atom is -0.466 e. The first kappa shape index (κ1) is 18.1. The Morgan fingerprint density at radius 3 is 2.05 bits per heavy atom. The van der Waals surface area contributed by atoms with Gasteiger partial charge in [0.25, 0.3) is 0 Å². The van der Waals surface area contributed by atoms with Crippen LogP contribution in [0.1, 0.15) is 27.7 Å². The molecule has 0 spiro atoms. The number of amides is 1. The van der Waals surface area contributed by atoms with Crippen molar-refractivity contribution in [2.24, 2.45) is 11.8 Å². The average Bonchev–Trinajstić information content (AvgIpc) is 2.39. The van der Waals surface area contributed by atoms with Gasteiger partial charge in [0.1, 0.15) is 6.61 Å². The van der Waals surface area contributed by atoms with Gasteiger partial charge in [-0.1, -0.05) is 27.7 Å². The van der Waals surface area contributed by atoms with Gasteiger partial charge in [0.05, 0.1) is 13.2 Å². The van der Waals surface area contributed by atoms with Crippen molar-refractivity contribution in [1.82, 2.24) is 5.32 Å². The minimum atomic E-state index is -0.653. The van der Waals surface area contributed by atoms with Crippen LogP contribution < -0.4 is 5.32 Å². The number of hydrogen-bond acceptors (Lipinski definition) is 5. The van der Waals surface area contributed by atoms with E-state index in [1.807, 2.05) is 13.8 Å². The smallest absolute Gasteiger partial charge is 0.331 e. The summed E-state index contributed by atoms with van der Waals surface area (Å²) in [6, 6.07) is -0.264. The molecule has 0 radical (unpaired) electrons. The quantitative estimate of drug-likeness (QED) is 0.558. The molecule has 20 heavy (non-hydrogen) atoms. The predicted molar refractivity (Wildman–Crippen MR) is 73.7 cm³/mol. The van der Waals surface area contributed by atoms with E-state index in [0.717, 1.165) is 12.2 Å². The van der Waals surface area contributed by atoms with Gasteiger partial charge in [0.15, 0.2) is 0 Å². The molecule has 1 atom stereocenters. The third-order valence-corrected chi connectivity index (χ3v) is 2.62. The number of carbonyl (C=O) groups is 3. The fraction of sp³-hybridized carbons (Fsp3) is 0.643. The van der Waals surface area contributed by atoms with Crippen molar-refractivity contribution in [1.29, 1.82) is 0 Å². The van der Waals surface area contributed by atoms with Crippen molar-refractivity contribution in [2.45, 2.75) is 33.7 Å². The molecule has 0 bridgehead atoms. The summed E-state index contributed by atoms with van der Waals surface area (Å²) in [5, 5.41) is 2.82. The van der Waals surface area contributed by atoms with E-state index in [1.54, 1.807) is 13.8 Å². The van der Waals surface area contributed by atoms with Crippen molar-refractivity contribution in [2.75, 3.05) is 13.7 Å². The zero-order valence-corrected chi connectivity index (χ0v) is 12.6. The van der Waals surface area contributed by atoms with Crippen LogP contribution in [0, 0.1) is 11.8 Å². The molecule has 1 amide bonds. The molecule has 0 saturated heterocycles. The van der Waals surface area contributed by atoms with E-state index in [0.29, 0.717) is 0 Å². The topological polar surface area (TPSA) is 81.7 Å². The Morgan fingerprint density at radius 2 is 1.60 bits per heavy atom. The van der Waals surface area contributed by atoms with Crippen molar-refractivity contribution in [3.8, 4) is 0 Å². The predicted octanol–water partition coefficient (Wildman–Crippen LogP) is 1.06. The van der Waals surface area contributed by atoms with Crippen molar-refractivity contribution >= 4 is 17.8 Å². The van der Waals surface area contributed by atoms with Gasteiger partial charge >= 0.3 is 11.9 Å². The third kappa shape index (κ3) is 7.56. The maximum atomic E-state index is 11.6. The number of hydrogen-bond donors (Lipinski definition) is 1. The van der Waals surface area contributed by atoms with Gasteiger partial charge in [-0.2, -0.15) is 0 Å². The maximum absolute atomic E-state index is 11.6. The number of methoxy groups -OCH3 is 1. The summed E-state index contributed by atoms with van der Waals surface area (Å²) in [5.74, 6) is -1.39. The molecule has 6 nitrogen and oxygen atoms in total. The Kier molecular flexibility index (Phi) is 8.27. The molecule has 0 heterocycles. The SMILES string of the molecule is COC(=O)/C=C/C(=O)OC[C@@H](NC(=O)C(C)C)C(C)C. The van der Waals surface area contributed by atoms with E-state index < -0.39 is 11.9 Å². The highest BCUT2D eigenvalue weighted by atomic mass is 16.5. The molecule has 0 aromatic heterocycles. The zero-order valence-electron chi connectivity index (χ0n) is 12.6. The molecule has 0 fully saturated rings. The van der Waals surface area contributed by atoms with Crippen LogP contribution in [0.3, 0.4) is 0 Å². The highest BCUT2D eigenvalue weighted by Gasteiger charge is 2.19. The number of nitrogens with one attached hydrogen (secondary N) is 1. The van der Waals surface area contributed by atoms with Gasteiger partial charge in [0.2, 0.25) is 5.91 Å². The van der Waals surface area contributed by atoms with E-state index in [4.69, 9.17) is 4.74 Å². The molecule has 0 saturated carbocycles. The van der Waals surface area contributed by atoms with E-state index in [-0.39, 0.29) is 30.4 Å². The van der Waals surface area contributed by atoms with Crippen LogP contribution in [0.25, 0.3) is 0 Å².